The predicted molar refractivity (Wildman–Crippen MR) is 318 cm³/mol. The van der Waals surface area contributed by atoms with Gasteiger partial charge in [0.25, 0.3) is 11.8 Å². The normalized spacial score (nSPS) is 13.6. The summed E-state index contributed by atoms with van der Waals surface area (Å²) in [4.78, 5) is 108. The lowest BCUT2D eigenvalue weighted by Gasteiger charge is -2.19. The molecule has 0 bridgehead atoms. The van der Waals surface area contributed by atoms with Crippen LogP contribution in [0.15, 0.2) is 97.6 Å². The van der Waals surface area contributed by atoms with Crippen molar-refractivity contribution in [2.75, 3.05) is 57.1 Å². The van der Waals surface area contributed by atoms with Crippen molar-refractivity contribution in [3.8, 4) is 34.2 Å². The van der Waals surface area contributed by atoms with Gasteiger partial charge in [0, 0.05) is 98.1 Å². The van der Waals surface area contributed by atoms with Gasteiger partial charge in [0.05, 0.1) is 66.0 Å². The lowest BCUT2D eigenvalue weighted by Crippen LogP contribution is -2.49. The number of aryl methyl sites for hydroxylation is 2. The summed E-state index contributed by atoms with van der Waals surface area (Å²) in [5, 5.41) is 25.8. The van der Waals surface area contributed by atoms with Crippen molar-refractivity contribution in [1.29, 1.82) is 5.26 Å². The van der Waals surface area contributed by atoms with Gasteiger partial charge < -0.3 is 52.0 Å². The molecule has 4 aromatic heterocycles. The number of amides is 7. The number of carbonyl (C=O) groups is 7. The van der Waals surface area contributed by atoms with Crippen molar-refractivity contribution in [2.45, 2.75) is 76.6 Å². The van der Waals surface area contributed by atoms with Crippen molar-refractivity contribution in [3.05, 3.63) is 131 Å². The Morgan fingerprint density at radius 1 is 0.812 bits per heavy atom. The Morgan fingerprint density at radius 3 is 2.31 bits per heavy atom. The van der Waals surface area contributed by atoms with Crippen LogP contribution in [0.1, 0.15) is 65.0 Å². The Balaban J connectivity index is 0.842. The van der Waals surface area contributed by atoms with Gasteiger partial charge in [-0.1, -0.05) is 75.2 Å². The molecule has 0 spiro atoms. The molecule has 85 heavy (non-hydrogen) atoms. The maximum atomic E-state index is 13.9. The largest absolute Gasteiger partial charge is 0.480 e. The molecule has 1 aliphatic heterocycles. The molecule has 1 unspecified atom stereocenters. The van der Waals surface area contributed by atoms with Gasteiger partial charge in [-0.3, -0.25) is 43.7 Å². The van der Waals surface area contributed by atoms with Crippen LogP contribution in [0, 0.1) is 18.3 Å². The van der Waals surface area contributed by atoms with E-state index in [1.54, 1.807) is 36.8 Å². The first-order valence-corrected chi connectivity index (χ1v) is 29.7. The standard InChI is InChI=1S/C58H62ClF2N13O9S2/c1-35-6-8-36(9-7-35)4-3-5-50(75)65-18-19-66-55(80)49(73-52(77)15-14-51(76)70-29-41-24-45(46(59)30-69-41)54(79)71-31-53(78)74-34-58(60,61)25-42(74)26-62)33-85-84-21-20-67-57(81)83-32-40-12-10-38(27-68-40)43-16-17-64-48-13-11-37(22-44(43)48)39-23-47(63)56(82-2)72-28-39/h6-13,16-17,22-24,27-28,30,42,49H,3-5,14-15,18-21,25,29,31-34,63H2,1-2H3,(H,65,75)(H,66,80)(H,67,81)(H,70,76)(H,71,79)(H,73,77)/t42-,49?/m0/s1. The first-order chi connectivity index (χ1) is 40.9. The molecule has 6 aromatic rings. The minimum Gasteiger partial charge on any atom is -0.480 e. The summed E-state index contributed by atoms with van der Waals surface area (Å²) >= 11 is 6.19. The molecule has 0 saturated carbocycles. The number of methoxy groups -OCH3 is 1. The number of likely N-dealkylation sites (tertiary alicyclic amines) is 1. The summed E-state index contributed by atoms with van der Waals surface area (Å²) < 4.78 is 38.3. The number of alkyl halides is 2. The second-order valence-corrected chi connectivity index (χ2v) is 22.5. The van der Waals surface area contributed by atoms with Crippen LogP contribution in [0.2, 0.25) is 5.02 Å². The van der Waals surface area contributed by atoms with Crippen molar-refractivity contribution in [1.82, 2.24) is 56.7 Å². The van der Waals surface area contributed by atoms with Crippen LogP contribution in [-0.2, 0) is 48.3 Å². The summed E-state index contributed by atoms with van der Waals surface area (Å²) in [6.07, 6.45) is 5.86. The smallest absolute Gasteiger partial charge is 0.407 e. The van der Waals surface area contributed by atoms with Gasteiger partial charge in [-0.05, 0) is 72.9 Å². The van der Waals surface area contributed by atoms with E-state index in [0.29, 0.717) is 40.8 Å². The van der Waals surface area contributed by atoms with E-state index in [1.807, 2.05) is 61.5 Å². The maximum Gasteiger partial charge on any atom is 0.407 e. The first-order valence-electron chi connectivity index (χ1n) is 26.8. The maximum absolute atomic E-state index is 13.9. The number of nitrogens with zero attached hydrogens (tertiary/aromatic N) is 6. The average Bonchev–Trinajstić information content (AvgIpc) is 3.89. The van der Waals surface area contributed by atoms with Gasteiger partial charge in [0.15, 0.2) is 0 Å². The molecule has 1 fully saturated rings. The van der Waals surface area contributed by atoms with Gasteiger partial charge in [-0.2, -0.15) is 5.26 Å². The quantitative estimate of drug-likeness (QED) is 0.0211. The number of hydrogen-bond donors (Lipinski definition) is 7. The molecule has 8 N–H and O–H groups in total. The number of benzene rings is 2. The van der Waals surface area contributed by atoms with E-state index in [2.05, 4.69) is 51.8 Å². The van der Waals surface area contributed by atoms with E-state index >= 15 is 0 Å². The Labute approximate surface area is 501 Å². The van der Waals surface area contributed by atoms with Crippen LogP contribution >= 0.6 is 33.2 Å². The van der Waals surface area contributed by atoms with Crippen LogP contribution < -0.4 is 42.4 Å². The van der Waals surface area contributed by atoms with Gasteiger partial charge in [-0.25, -0.2) is 18.6 Å². The van der Waals surface area contributed by atoms with E-state index in [9.17, 15) is 47.6 Å². The second kappa shape index (κ2) is 31.3. The molecular weight excluding hydrogens is 1160 g/mol. The fourth-order valence-corrected chi connectivity index (χ4v) is 10.9. The minimum absolute atomic E-state index is 0.0768. The zero-order chi connectivity index (χ0) is 60.9. The number of nitrogens with one attached hydrogen (secondary N) is 6. The van der Waals surface area contributed by atoms with Crippen molar-refractivity contribution < 1.29 is 51.8 Å². The monoisotopic (exact) mass is 1220 g/mol. The number of ether oxygens (including phenoxy) is 2. The fraction of sp³-hybridized carbons (Fsp3) is 0.345. The summed E-state index contributed by atoms with van der Waals surface area (Å²) in [6.45, 7) is 0.518. The minimum atomic E-state index is -3.23. The molecule has 2 aromatic carbocycles. The van der Waals surface area contributed by atoms with Crippen molar-refractivity contribution >= 4 is 91.3 Å². The number of nitrogens with two attached hydrogens (primary N) is 1. The first kappa shape index (κ1) is 63.9. The molecule has 7 rings (SSSR count). The number of aromatic nitrogens is 4. The Morgan fingerprint density at radius 2 is 1.55 bits per heavy atom. The number of rotatable bonds is 28. The summed E-state index contributed by atoms with van der Waals surface area (Å²) in [5.74, 6) is -5.98. The Bertz CT molecular complexity index is 3420. The second-order valence-electron chi connectivity index (χ2n) is 19.5. The SMILES string of the molecule is COc1ncc(-c2ccc3nccc(-c4ccc(COC(=O)NCCSSCC(NC(=O)CCC(=O)NCc5cc(C(=O)NCC(=O)N6CC(F)(F)C[C@H]6C#N)c(Cl)cn5)C(=O)NCCNC(=O)CCCc5ccc(C)cc5)nc4)c3c2)cc1N. The van der Waals surface area contributed by atoms with E-state index in [4.69, 9.17) is 26.8 Å². The molecular formula is C58H62ClF2N13O9S2. The number of nitrogen functional groups attached to an aromatic ring is 1. The van der Waals surface area contributed by atoms with Crippen LogP contribution in [0.4, 0.5) is 19.3 Å². The zero-order valence-electron chi connectivity index (χ0n) is 46.4. The number of pyridine rings is 4. The molecule has 446 valence electrons. The molecule has 5 heterocycles. The molecule has 2 atom stereocenters. The van der Waals surface area contributed by atoms with Crippen LogP contribution in [0.25, 0.3) is 33.2 Å². The molecule has 7 amide bonds. The summed E-state index contributed by atoms with van der Waals surface area (Å²) in [5.41, 5.74) is 13.6. The summed E-state index contributed by atoms with van der Waals surface area (Å²) in [7, 11) is 4.10. The molecule has 22 nitrogen and oxygen atoms in total. The van der Waals surface area contributed by atoms with E-state index in [0.717, 1.165) is 56.9 Å². The van der Waals surface area contributed by atoms with E-state index in [-0.39, 0.29) is 73.6 Å². The molecule has 0 radical (unpaired) electrons. The molecule has 27 heteroatoms. The number of alkyl carbamates (subject to hydrolysis) is 1. The molecule has 1 aliphatic rings. The fourth-order valence-electron chi connectivity index (χ4n) is 8.67. The lowest BCUT2D eigenvalue weighted by molar-refractivity contribution is -0.131. The highest BCUT2D eigenvalue weighted by Crippen LogP contribution is 2.34. The van der Waals surface area contributed by atoms with Crippen molar-refractivity contribution in [2.24, 2.45) is 0 Å². The average molecular weight is 1220 g/mol. The Hall–Kier alpha value is -8.67. The third-order valence-corrected chi connectivity index (χ3v) is 15.9. The third kappa shape index (κ3) is 19.4. The number of carbonyl (C=O) groups excluding carboxylic acids is 7. The number of nitriles is 1. The lowest BCUT2D eigenvalue weighted by atomic mass is 9.98. The molecule has 1 saturated heterocycles. The number of anilines is 1. The van der Waals surface area contributed by atoms with Crippen LogP contribution in [0.5, 0.6) is 5.88 Å². The van der Waals surface area contributed by atoms with Gasteiger partial charge in [0.2, 0.25) is 35.4 Å². The topological polar surface area (TPSA) is 315 Å². The Kier molecular flexibility index (Phi) is 23.5. The van der Waals surface area contributed by atoms with Gasteiger partial charge in [0.1, 0.15) is 18.7 Å². The number of fused-ring (bicyclic) bond motifs is 1. The third-order valence-electron chi connectivity index (χ3n) is 13.1. The van der Waals surface area contributed by atoms with Crippen LogP contribution in [-0.4, -0.2) is 136 Å². The number of hydrogen-bond acceptors (Lipinski definition) is 17. The summed E-state index contributed by atoms with van der Waals surface area (Å²) in [6, 6.07) is 21.8. The van der Waals surface area contributed by atoms with E-state index < -0.39 is 73.1 Å². The van der Waals surface area contributed by atoms with Crippen LogP contribution in [0.3, 0.4) is 0 Å². The number of halogens is 3. The highest BCUT2D eigenvalue weighted by Gasteiger charge is 2.47. The highest BCUT2D eigenvalue weighted by molar-refractivity contribution is 8.76. The van der Waals surface area contributed by atoms with Crippen molar-refractivity contribution in [3.63, 3.8) is 0 Å². The highest BCUT2D eigenvalue weighted by atomic mass is 35.5. The predicted octanol–water partition coefficient (Wildman–Crippen LogP) is 6.24. The molecule has 0 aliphatic carbocycles. The van der Waals surface area contributed by atoms with Gasteiger partial charge >= 0.3 is 6.09 Å². The van der Waals surface area contributed by atoms with E-state index in [1.165, 1.54) is 34.8 Å². The zero-order valence-corrected chi connectivity index (χ0v) is 48.8. The van der Waals surface area contributed by atoms with Gasteiger partial charge in [-0.15, -0.1) is 0 Å².